The summed E-state index contributed by atoms with van der Waals surface area (Å²) < 4.78 is 45.8. The smallest absolute Gasteiger partial charge is 0.407 e. The van der Waals surface area contributed by atoms with Gasteiger partial charge in [0.2, 0.25) is 27.4 Å². The Morgan fingerprint density at radius 3 is 2.49 bits per heavy atom. The van der Waals surface area contributed by atoms with Crippen molar-refractivity contribution in [3.63, 3.8) is 0 Å². The molecule has 3 fully saturated rings. The van der Waals surface area contributed by atoms with E-state index in [2.05, 4.69) is 36.1 Å². The quantitative estimate of drug-likeness (QED) is 0.201. The van der Waals surface area contributed by atoms with Crippen LogP contribution in [0.5, 0.6) is 5.88 Å². The molecule has 16 heteroatoms. The normalized spacial score (nSPS) is 25.9. The van der Waals surface area contributed by atoms with Crippen molar-refractivity contribution in [3.05, 3.63) is 66.2 Å². The monoisotopic (exact) mass is 826 g/mol. The maximum Gasteiger partial charge on any atom is 0.407 e. The van der Waals surface area contributed by atoms with E-state index in [-0.39, 0.29) is 30.7 Å². The van der Waals surface area contributed by atoms with Gasteiger partial charge >= 0.3 is 6.09 Å². The van der Waals surface area contributed by atoms with Crippen molar-refractivity contribution in [3.8, 4) is 17.3 Å². The summed E-state index contributed by atoms with van der Waals surface area (Å²) in [6.07, 6.45) is 6.44. The van der Waals surface area contributed by atoms with Gasteiger partial charge in [-0.25, -0.2) is 18.2 Å². The molecule has 2 saturated carbocycles. The molecule has 8 rings (SSSR count). The number of alkyl carbamates (subject to hydrolysis) is 1. The van der Waals surface area contributed by atoms with Crippen LogP contribution in [0, 0.1) is 5.92 Å². The summed E-state index contributed by atoms with van der Waals surface area (Å²) in [5.74, 6) is -1.90. The van der Waals surface area contributed by atoms with Crippen molar-refractivity contribution in [1.82, 2.24) is 30.2 Å². The maximum atomic E-state index is 14.5. The number of fused-ring (bicyclic) bond motifs is 5. The Morgan fingerprint density at radius 2 is 1.76 bits per heavy atom. The fraction of sp³-hybridized carbons (Fsp3) is 0.488. The molecule has 4 aliphatic rings. The Kier molecular flexibility index (Phi) is 10.6. The molecular formula is C43H50N6O9S. The average Bonchev–Trinajstić information content (AvgIpc) is 4.11. The van der Waals surface area contributed by atoms with Crippen molar-refractivity contribution >= 4 is 55.9 Å². The van der Waals surface area contributed by atoms with Crippen LogP contribution < -0.4 is 20.1 Å². The number of carbonyl (C=O) groups is 4. The number of rotatable bonds is 7. The Labute approximate surface area is 342 Å². The molecule has 3 N–H and O–H groups in total. The lowest BCUT2D eigenvalue weighted by atomic mass is 9.87. The van der Waals surface area contributed by atoms with Gasteiger partial charge in [-0.3, -0.25) is 19.1 Å². The van der Waals surface area contributed by atoms with E-state index in [1.165, 1.54) is 12.0 Å². The van der Waals surface area contributed by atoms with E-state index in [1.807, 2.05) is 60.7 Å². The first kappa shape index (κ1) is 40.3. The Balaban J connectivity index is 1.15. The third kappa shape index (κ3) is 8.23. The summed E-state index contributed by atoms with van der Waals surface area (Å²) in [5.41, 5.74) is 1.70. The van der Waals surface area contributed by atoms with Gasteiger partial charge in [0.05, 0.1) is 18.9 Å². The Hall–Kier alpha value is -5.51. The molecule has 2 aliphatic carbocycles. The van der Waals surface area contributed by atoms with Crippen LogP contribution in [0.15, 0.2) is 65.1 Å². The van der Waals surface area contributed by atoms with Gasteiger partial charge in [-0.1, -0.05) is 82.2 Å². The number of carbonyl (C=O) groups excluding carboxylic acids is 4. The Bertz CT molecular complexity index is 2440. The molecule has 2 aliphatic heterocycles. The van der Waals surface area contributed by atoms with Gasteiger partial charge in [-0.05, 0) is 61.6 Å². The largest absolute Gasteiger partial charge is 0.470 e. The molecule has 312 valence electrons. The molecule has 1 saturated heterocycles. The van der Waals surface area contributed by atoms with Gasteiger partial charge in [0.1, 0.15) is 34.8 Å². The predicted octanol–water partition coefficient (Wildman–Crippen LogP) is 5.42. The number of ether oxygens (including phenoxy) is 2. The molecule has 59 heavy (non-hydrogen) atoms. The molecule has 0 unspecified atom stereocenters. The highest BCUT2D eigenvalue weighted by Crippen LogP contribution is 2.46. The summed E-state index contributed by atoms with van der Waals surface area (Å²) in [6, 6.07) is 13.3. The van der Waals surface area contributed by atoms with Gasteiger partial charge in [0, 0.05) is 23.3 Å². The second-order valence-corrected chi connectivity index (χ2v) is 19.1. The minimum absolute atomic E-state index is 0.0115. The van der Waals surface area contributed by atoms with Crippen LogP contribution >= 0.6 is 0 Å². The molecule has 0 spiro atoms. The standard InChI is InChI=1S/C43H50N6O9S/c1-42(2,3)26-18-16-25(17-19-26)36-45-34-30-13-10-11-15-33(30)58-35(34)38(46-36)57-28-22-32-37(50)47-43(40(52)48-59(54,55)29-20-21-29)23-27(43)12-8-6-5-7-9-14-31(44-41(53)56-4)39(51)49(32)24-28/h8,10-13,15-19,27-29,31-32H,5-7,9,14,20-24H2,1-4H3,(H,44,53)(H,47,50)(H,48,52)/b12-8-/t27-,28-,31+,32+,43-/m1/s1. The summed E-state index contributed by atoms with van der Waals surface area (Å²) in [5, 5.41) is 5.66. The number of hydrogen-bond acceptors (Lipinski definition) is 11. The molecular weight excluding hydrogens is 777 g/mol. The second kappa shape index (κ2) is 15.6. The average molecular weight is 827 g/mol. The van der Waals surface area contributed by atoms with Crippen LogP contribution in [-0.4, -0.2) is 89.7 Å². The van der Waals surface area contributed by atoms with Crippen LogP contribution in [-0.2, 0) is 34.6 Å². The summed E-state index contributed by atoms with van der Waals surface area (Å²) in [4.78, 5) is 66.5. The van der Waals surface area contributed by atoms with Gasteiger partial charge < -0.3 is 29.4 Å². The van der Waals surface area contributed by atoms with Gasteiger partial charge in [0.25, 0.3) is 11.8 Å². The van der Waals surface area contributed by atoms with Crippen molar-refractivity contribution in [2.75, 3.05) is 13.7 Å². The van der Waals surface area contributed by atoms with E-state index in [9.17, 15) is 27.6 Å². The third-order valence-electron chi connectivity index (χ3n) is 11.8. The van der Waals surface area contributed by atoms with E-state index in [4.69, 9.17) is 23.9 Å². The fourth-order valence-corrected chi connectivity index (χ4v) is 9.46. The number of benzene rings is 2. The predicted molar refractivity (Wildman–Crippen MR) is 219 cm³/mol. The lowest BCUT2D eigenvalue weighted by molar-refractivity contribution is -0.141. The molecule has 5 atom stereocenters. The first-order valence-corrected chi connectivity index (χ1v) is 21.9. The lowest BCUT2D eigenvalue weighted by Crippen LogP contribution is -2.58. The van der Waals surface area contributed by atoms with E-state index >= 15 is 0 Å². The summed E-state index contributed by atoms with van der Waals surface area (Å²) in [7, 11) is -2.70. The van der Waals surface area contributed by atoms with Crippen molar-refractivity contribution in [2.24, 2.45) is 5.92 Å². The number of para-hydroxylation sites is 1. The number of hydrogen-bond donors (Lipinski definition) is 3. The van der Waals surface area contributed by atoms with E-state index < -0.39 is 68.7 Å². The number of nitrogens with zero attached hydrogens (tertiary/aromatic N) is 3. The number of allylic oxidation sites excluding steroid dienone is 1. The molecule has 4 heterocycles. The maximum absolute atomic E-state index is 14.5. The highest BCUT2D eigenvalue weighted by atomic mass is 32.2. The first-order chi connectivity index (χ1) is 28.2. The summed E-state index contributed by atoms with van der Waals surface area (Å²) in [6.45, 7) is 6.33. The fourth-order valence-electron chi connectivity index (χ4n) is 8.10. The minimum atomic E-state index is -3.91. The van der Waals surface area contributed by atoms with Gasteiger partial charge in [0.15, 0.2) is 5.82 Å². The van der Waals surface area contributed by atoms with Crippen LogP contribution in [0.2, 0.25) is 0 Å². The molecule has 4 aromatic rings. The molecule has 2 aromatic heterocycles. The number of methoxy groups -OCH3 is 1. The zero-order valence-electron chi connectivity index (χ0n) is 33.7. The number of furan rings is 1. The van der Waals surface area contributed by atoms with Crippen molar-refractivity contribution in [2.45, 2.75) is 113 Å². The third-order valence-corrected chi connectivity index (χ3v) is 13.6. The van der Waals surface area contributed by atoms with E-state index in [0.717, 1.165) is 29.4 Å². The number of aromatic nitrogens is 2. The lowest BCUT2D eigenvalue weighted by Gasteiger charge is -2.29. The minimum Gasteiger partial charge on any atom is -0.470 e. The number of sulfonamides is 1. The van der Waals surface area contributed by atoms with E-state index in [1.54, 1.807) is 0 Å². The summed E-state index contributed by atoms with van der Waals surface area (Å²) >= 11 is 0. The highest BCUT2D eigenvalue weighted by Gasteiger charge is 2.62. The van der Waals surface area contributed by atoms with Crippen molar-refractivity contribution in [1.29, 1.82) is 0 Å². The van der Waals surface area contributed by atoms with Gasteiger partial charge in [-0.15, -0.1) is 0 Å². The topological polar surface area (TPSA) is 199 Å². The molecule has 0 bridgehead atoms. The van der Waals surface area contributed by atoms with E-state index in [0.29, 0.717) is 54.6 Å². The van der Waals surface area contributed by atoms with Crippen LogP contribution in [0.1, 0.15) is 84.1 Å². The Morgan fingerprint density at radius 1 is 1.00 bits per heavy atom. The molecule has 15 nitrogen and oxygen atoms in total. The van der Waals surface area contributed by atoms with Crippen LogP contribution in [0.3, 0.4) is 0 Å². The zero-order chi connectivity index (χ0) is 41.7. The van der Waals surface area contributed by atoms with Crippen molar-refractivity contribution < 1.29 is 41.5 Å². The van der Waals surface area contributed by atoms with Crippen LogP contribution in [0.4, 0.5) is 4.79 Å². The zero-order valence-corrected chi connectivity index (χ0v) is 34.5. The molecule has 4 amide bonds. The SMILES string of the molecule is COC(=O)N[C@H]1CCCCC/C=C\[C@@H]2C[C@@]2(C(=O)NS(=O)(=O)C2CC2)NC(=O)[C@@H]2C[C@@H](Oc3nc(-c4ccc(C(C)(C)C)cc4)nc4c3oc3ccccc34)CN2C1=O. The number of nitrogens with one attached hydrogen (secondary N) is 3. The molecule has 0 radical (unpaired) electrons. The van der Waals surface area contributed by atoms with Crippen LogP contribution in [0.25, 0.3) is 33.5 Å². The molecule has 2 aromatic carbocycles. The second-order valence-electron chi connectivity index (χ2n) is 17.1. The first-order valence-electron chi connectivity index (χ1n) is 20.3. The number of amides is 4. The highest BCUT2D eigenvalue weighted by molar-refractivity contribution is 7.91. The van der Waals surface area contributed by atoms with Gasteiger partial charge in [-0.2, -0.15) is 4.98 Å².